The van der Waals surface area contributed by atoms with Crippen LogP contribution in [-0.2, 0) is 4.79 Å². The Hall–Kier alpha value is -0.570. The van der Waals surface area contributed by atoms with Gasteiger partial charge in [0.05, 0.1) is 0 Å². The maximum absolute atomic E-state index is 9.86. The number of aliphatic hydroxyl groups excluding tert-OH is 1. The fourth-order valence-electron chi connectivity index (χ4n) is 0.657. The number of carbonyl (C=O) groups is 1. The summed E-state index contributed by atoms with van der Waals surface area (Å²) in [6.07, 6.45) is 2.19. The minimum absolute atomic E-state index is 0.138. The number of amides is 1. The van der Waals surface area contributed by atoms with Crippen LogP contribution in [-0.4, -0.2) is 24.2 Å². The minimum atomic E-state index is 0.138. The molecule has 0 aliphatic heterocycles. The van der Waals surface area contributed by atoms with Gasteiger partial charge in [-0.3, -0.25) is 4.79 Å². The van der Waals surface area contributed by atoms with Gasteiger partial charge < -0.3 is 10.4 Å². The van der Waals surface area contributed by atoms with Crippen LogP contribution in [0.3, 0.4) is 0 Å². The van der Waals surface area contributed by atoms with E-state index in [1.165, 1.54) is 0 Å². The fourth-order valence-corrected chi connectivity index (χ4v) is 0.657. The van der Waals surface area contributed by atoms with Crippen LogP contribution >= 0.6 is 0 Å². The third kappa shape index (κ3) is 3.97. The van der Waals surface area contributed by atoms with Crippen LogP contribution in [0.25, 0.3) is 0 Å². The molecule has 0 heterocycles. The van der Waals surface area contributed by atoms with E-state index in [-0.39, 0.29) is 12.6 Å². The van der Waals surface area contributed by atoms with Crippen LogP contribution in [0, 0.1) is 0 Å². The maximum Gasteiger partial charge on any atom is 0.207 e. The quantitative estimate of drug-likeness (QED) is 0.511. The molecule has 0 saturated heterocycles. The molecule has 0 aliphatic rings. The molecule has 1 unspecified atom stereocenters. The number of nitrogens with one attached hydrogen (secondary N) is 1. The van der Waals surface area contributed by atoms with E-state index in [9.17, 15) is 4.79 Å². The molecule has 0 aromatic rings. The van der Waals surface area contributed by atoms with Crippen molar-refractivity contribution in [2.24, 2.45) is 0 Å². The van der Waals surface area contributed by atoms with Crippen molar-refractivity contribution >= 4 is 6.41 Å². The second-order valence-electron chi connectivity index (χ2n) is 1.90. The van der Waals surface area contributed by atoms with Gasteiger partial charge in [0.25, 0.3) is 0 Å². The molecule has 0 radical (unpaired) electrons. The fraction of sp³-hybridized carbons (Fsp3) is 0.833. The van der Waals surface area contributed by atoms with Crippen molar-refractivity contribution in [1.82, 2.24) is 5.32 Å². The Morgan fingerprint density at radius 3 is 2.78 bits per heavy atom. The topological polar surface area (TPSA) is 49.3 Å². The third-order valence-electron chi connectivity index (χ3n) is 1.27. The summed E-state index contributed by atoms with van der Waals surface area (Å²) in [5.74, 6) is 0. The zero-order valence-corrected chi connectivity index (χ0v) is 5.63. The summed E-state index contributed by atoms with van der Waals surface area (Å²) in [5.41, 5.74) is 0. The smallest absolute Gasteiger partial charge is 0.207 e. The van der Waals surface area contributed by atoms with Gasteiger partial charge in [-0.05, 0) is 12.8 Å². The SMILES string of the molecule is CCC(CCO)NC=O. The summed E-state index contributed by atoms with van der Waals surface area (Å²) in [5, 5.41) is 11.0. The molecule has 0 aromatic carbocycles. The molecule has 0 bridgehead atoms. The zero-order valence-electron chi connectivity index (χ0n) is 5.63. The second-order valence-corrected chi connectivity index (χ2v) is 1.90. The first-order valence-electron chi connectivity index (χ1n) is 3.15. The Morgan fingerprint density at radius 2 is 2.44 bits per heavy atom. The Bertz CT molecular complexity index is 75.5. The van der Waals surface area contributed by atoms with Crippen LogP contribution in [0.5, 0.6) is 0 Å². The molecule has 3 heteroatoms. The molecule has 0 aromatic heterocycles. The van der Waals surface area contributed by atoms with E-state index in [1.807, 2.05) is 6.92 Å². The lowest BCUT2D eigenvalue weighted by molar-refractivity contribution is -0.110. The van der Waals surface area contributed by atoms with Crippen molar-refractivity contribution in [3.05, 3.63) is 0 Å². The molecule has 9 heavy (non-hydrogen) atoms. The van der Waals surface area contributed by atoms with Crippen LogP contribution < -0.4 is 5.32 Å². The van der Waals surface area contributed by atoms with Gasteiger partial charge in [0.2, 0.25) is 6.41 Å². The van der Waals surface area contributed by atoms with Crippen molar-refractivity contribution < 1.29 is 9.90 Å². The van der Waals surface area contributed by atoms with Gasteiger partial charge in [0.1, 0.15) is 0 Å². The van der Waals surface area contributed by atoms with Gasteiger partial charge in [-0.2, -0.15) is 0 Å². The highest BCUT2D eigenvalue weighted by Crippen LogP contribution is 1.93. The largest absolute Gasteiger partial charge is 0.396 e. The van der Waals surface area contributed by atoms with E-state index in [1.54, 1.807) is 0 Å². The number of hydrogen-bond donors (Lipinski definition) is 2. The molecule has 3 nitrogen and oxygen atoms in total. The molecule has 0 rings (SSSR count). The first kappa shape index (κ1) is 8.43. The molecule has 0 saturated carbocycles. The van der Waals surface area contributed by atoms with Gasteiger partial charge in [-0.1, -0.05) is 6.92 Å². The summed E-state index contributed by atoms with van der Waals surface area (Å²) in [4.78, 5) is 9.86. The summed E-state index contributed by atoms with van der Waals surface area (Å²) >= 11 is 0. The van der Waals surface area contributed by atoms with E-state index in [0.29, 0.717) is 12.8 Å². The molecule has 2 N–H and O–H groups in total. The molecule has 0 fully saturated rings. The minimum Gasteiger partial charge on any atom is -0.396 e. The third-order valence-corrected chi connectivity index (χ3v) is 1.27. The average molecular weight is 131 g/mol. The summed E-state index contributed by atoms with van der Waals surface area (Å²) in [6.45, 7) is 2.11. The lowest BCUT2D eigenvalue weighted by atomic mass is 10.2. The summed E-state index contributed by atoms with van der Waals surface area (Å²) in [7, 11) is 0. The predicted molar refractivity (Wildman–Crippen MR) is 35.0 cm³/mol. The standard InChI is InChI=1S/C6H13NO2/c1-2-6(3-4-8)7-5-9/h5-6,8H,2-4H2,1H3,(H,7,9). The highest BCUT2D eigenvalue weighted by atomic mass is 16.3. The average Bonchev–Trinajstić information content (AvgIpc) is 1.88. The normalized spacial score (nSPS) is 12.7. The molecular formula is C6H13NO2. The van der Waals surface area contributed by atoms with Crippen LogP contribution in [0.1, 0.15) is 19.8 Å². The lowest BCUT2D eigenvalue weighted by Gasteiger charge is -2.10. The van der Waals surface area contributed by atoms with Crippen molar-refractivity contribution in [3.8, 4) is 0 Å². The summed E-state index contributed by atoms with van der Waals surface area (Å²) < 4.78 is 0. The molecule has 0 aliphatic carbocycles. The molecule has 54 valence electrons. The molecule has 1 amide bonds. The second kappa shape index (κ2) is 5.56. The molecule has 1 atom stereocenters. The van der Waals surface area contributed by atoms with Crippen LogP contribution in [0.15, 0.2) is 0 Å². The molecule has 0 spiro atoms. The van der Waals surface area contributed by atoms with Crippen molar-refractivity contribution in [2.45, 2.75) is 25.8 Å². The number of carbonyl (C=O) groups excluding carboxylic acids is 1. The van der Waals surface area contributed by atoms with Gasteiger partial charge in [0, 0.05) is 12.6 Å². The Labute approximate surface area is 55.1 Å². The highest BCUT2D eigenvalue weighted by Gasteiger charge is 2.00. The van der Waals surface area contributed by atoms with E-state index in [2.05, 4.69) is 5.32 Å². The van der Waals surface area contributed by atoms with Crippen LogP contribution in [0.4, 0.5) is 0 Å². The lowest BCUT2D eigenvalue weighted by Crippen LogP contribution is -2.27. The van der Waals surface area contributed by atoms with Crippen molar-refractivity contribution in [2.75, 3.05) is 6.61 Å². The maximum atomic E-state index is 9.86. The Morgan fingerprint density at radius 1 is 1.78 bits per heavy atom. The van der Waals surface area contributed by atoms with Gasteiger partial charge in [0.15, 0.2) is 0 Å². The first-order chi connectivity index (χ1) is 4.35. The van der Waals surface area contributed by atoms with Gasteiger partial charge >= 0.3 is 0 Å². The van der Waals surface area contributed by atoms with Crippen LogP contribution in [0.2, 0.25) is 0 Å². The number of aliphatic hydroxyl groups is 1. The zero-order chi connectivity index (χ0) is 7.11. The monoisotopic (exact) mass is 131 g/mol. The van der Waals surface area contributed by atoms with E-state index < -0.39 is 0 Å². The van der Waals surface area contributed by atoms with E-state index in [0.717, 1.165) is 6.42 Å². The number of rotatable bonds is 5. The first-order valence-corrected chi connectivity index (χ1v) is 3.15. The highest BCUT2D eigenvalue weighted by molar-refractivity contribution is 5.46. The van der Waals surface area contributed by atoms with Gasteiger partial charge in [-0.25, -0.2) is 0 Å². The van der Waals surface area contributed by atoms with E-state index >= 15 is 0 Å². The van der Waals surface area contributed by atoms with Crippen molar-refractivity contribution in [1.29, 1.82) is 0 Å². The molecular weight excluding hydrogens is 118 g/mol. The van der Waals surface area contributed by atoms with E-state index in [4.69, 9.17) is 5.11 Å². The predicted octanol–water partition coefficient (Wildman–Crippen LogP) is -0.107. The van der Waals surface area contributed by atoms with Crippen molar-refractivity contribution in [3.63, 3.8) is 0 Å². The Balaban J connectivity index is 3.28. The Kier molecular flexibility index (Phi) is 5.21. The summed E-state index contributed by atoms with van der Waals surface area (Å²) in [6, 6.07) is 0.146. The number of hydrogen-bond acceptors (Lipinski definition) is 2. The van der Waals surface area contributed by atoms with Gasteiger partial charge in [-0.15, -0.1) is 0 Å².